The first-order chi connectivity index (χ1) is 9.86. The van der Waals surface area contributed by atoms with E-state index in [4.69, 9.17) is 0 Å². The van der Waals surface area contributed by atoms with Crippen molar-refractivity contribution in [1.29, 1.82) is 0 Å². The van der Waals surface area contributed by atoms with Gasteiger partial charge in [0.2, 0.25) is 0 Å². The van der Waals surface area contributed by atoms with E-state index in [2.05, 4.69) is 45.0 Å². The SMILES string of the molecule is CC(C)(C)CC(O)(Cc1ccccc1)Cc1ccccc1. The monoisotopic (exact) mass is 282 g/mol. The van der Waals surface area contributed by atoms with Crippen molar-refractivity contribution in [2.45, 2.75) is 45.6 Å². The molecule has 0 unspecified atom stereocenters. The lowest BCUT2D eigenvalue weighted by Crippen LogP contribution is -2.38. The van der Waals surface area contributed by atoms with E-state index >= 15 is 0 Å². The molecule has 112 valence electrons. The molecule has 0 saturated heterocycles. The minimum atomic E-state index is -0.707. The summed E-state index contributed by atoms with van der Waals surface area (Å²) in [5.41, 5.74) is 1.78. The summed E-state index contributed by atoms with van der Waals surface area (Å²) in [7, 11) is 0. The number of rotatable bonds is 5. The van der Waals surface area contributed by atoms with E-state index in [1.165, 1.54) is 11.1 Å². The predicted octanol–water partition coefficient (Wildman–Crippen LogP) is 4.64. The zero-order chi connectivity index (χ0) is 15.3. The number of hydrogen-bond donors (Lipinski definition) is 1. The molecule has 2 rings (SSSR count). The van der Waals surface area contributed by atoms with Crippen LogP contribution in [0.15, 0.2) is 60.7 Å². The third-order valence-corrected chi connectivity index (χ3v) is 3.61. The van der Waals surface area contributed by atoms with Gasteiger partial charge in [-0.3, -0.25) is 0 Å². The van der Waals surface area contributed by atoms with E-state index < -0.39 is 5.60 Å². The molecule has 1 nitrogen and oxygen atoms in total. The second kappa shape index (κ2) is 6.44. The Morgan fingerprint density at radius 1 is 0.714 bits per heavy atom. The van der Waals surface area contributed by atoms with Crippen LogP contribution in [0.2, 0.25) is 0 Å². The fourth-order valence-electron chi connectivity index (χ4n) is 3.13. The maximum absolute atomic E-state index is 11.3. The van der Waals surface area contributed by atoms with Crippen LogP contribution < -0.4 is 0 Å². The third kappa shape index (κ3) is 5.35. The maximum atomic E-state index is 11.3. The van der Waals surface area contributed by atoms with E-state index in [0.717, 1.165) is 6.42 Å². The van der Waals surface area contributed by atoms with Crippen molar-refractivity contribution in [3.63, 3.8) is 0 Å². The molecule has 2 aromatic carbocycles. The molecule has 0 aromatic heterocycles. The van der Waals surface area contributed by atoms with Gasteiger partial charge in [-0.25, -0.2) is 0 Å². The Morgan fingerprint density at radius 3 is 1.43 bits per heavy atom. The Kier molecular flexibility index (Phi) is 4.84. The zero-order valence-corrected chi connectivity index (χ0v) is 13.3. The normalized spacial score (nSPS) is 12.4. The fourth-order valence-corrected chi connectivity index (χ4v) is 3.13. The molecule has 0 aliphatic carbocycles. The lowest BCUT2D eigenvalue weighted by atomic mass is 9.76. The van der Waals surface area contributed by atoms with Crippen LogP contribution in [0.1, 0.15) is 38.3 Å². The van der Waals surface area contributed by atoms with Gasteiger partial charge in [-0.1, -0.05) is 81.4 Å². The Morgan fingerprint density at radius 2 is 1.10 bits per heavy atom. The second-order valence-electron chi connectivity index (χ2n) is 7.29. The molecule has 1 heteroatoms. The summed E-state index contributed by atoms with van der Waals surface area (Å²) in [4.78, 5) is 0. The molecule has 2 aromatic rings. The first-order valence-electron chi connectivity index (χ1n) is 7.67. The van der Waals surface area contributed by atoms with Gasteiger partial charge >= 0.3 is 0 Å². The van der Waals surface area contributed by atoms with Gasteiger partial charge in [0, 0.05) is 12.8 Å². The molecular formula is C20H26O. The molecule has 21 heavy (non-hydrogen) atoms. The van der Waals surface area contributed by atoms with Crippen molar-refractivity contribution in [3.8, 4) is 0 Å². The average Bonchev–Trinajstić information content (AvgIpc) is 2.38. The molecule has 1 N–H and O–H groups in total. The molecule has 0 bridgehead atoms. The van der Waals surface area contributed by atoms with Crippen LogP contribution in [0.25, 0.3) is 0 Å². The van der Waals surface area contributed by atoms with Gasteiger partial charge in [-0.05, 0) is 23.0 Å². The summed E-state index contributed by atoms with van der Waals surface area (Å²) in [6.07, 6.45) is 2.17. The third-order valence-electron chi connectivity index (χ3n) is 3.61. The van der Waals surface area contributed by atoms with Crippen molar-refractivity contribution in [1.82, 2.24) is 0 Å². The van der Waals surface area contributed by atoms with Gasteiger partial charge in [0.15, 0.2) is 0 Å². The molecule has 0 fully saturated rings. The van der Waals surface area contributed by atoms with Crippen LogP contribution >= 0.6 is 0 Å². The van der Waals surface area contributed by atoms with Crippen molar-refractivity contribution >= 4 is 0 Å². The van der Waals surface area contributed by atoms with Gasteiger partial charge in [0.1, 0.15) is 0 Å². The van der Waals surface area contributed by atoms with Crippen LogP contribution in [-0.4, -0.2) is 10.7 Å². The van der Waals surface area contributed by atoms with Gasteiger partial charge in [-0.15, -0.1) is 0 Å². The Hall–Kier alpha value is -1.60. The van der Waals surface area contributed by atoms with E-state index in [0.29, 0.717) is 12.8 Å². The molecule has 0 saturated carbocycles. The molecule has 0 heterocycles. The molecule has 0 spiro atoms. The summed E-state index contributed by atoms with van der Waals surface area (Å²) in [5.74, 6) is 0. The highest BCUT2D eigenvalue weighted by Crippen LogP contribution is 2.32. The molecule has 0 aliphatic heterocycles. The Bertz CT molecular complexity index is 496. The van der Waals surface area contributed by atoms with Gasteiger partial charge in [0.05, 0.1) is 5.60 Å². The predicted molar refractivity (Wildman–Crippen MR) is 89.3 cm³/mol. The van der Waals surface area contributed by atoms with Gasteiger partial charge in [0.25, 0.3) is 0 Å². The molecule has 0 amide bonds. The smallest absolute Gasteiger partial charge is 0.0733 e. The lowest BCUT2D eigenvalue weighted by Gasteiger charge is -2.35. The van der Waals surface area contributed by atoms with Gasteiger partial charge in [-0.2, -0.15) is 0 Å². The summed E-state index contributed by atoms with van der Waals surface area (Å²) in [6.45, 7) is 6.57. The first-order valence-corrected chi connectivity index (χ1v) is 7.67. The lowest BCUT2D eigenvalue weighted by molar-refractivity contribution is 0.00219. The molecule has 0 radical (unpaired) electrons. The van der Waals surface area contributed by atoms with Crippen molar-refractivity contribution in [2.75, 3.05) is 0 Å². The van der Waals surface area contributed by atoms with Crippen molar-refractivity contribution < 1.29 is 5.11 Å². The van der Waals surface area contributed by atoms with Crippen molar-refractivity contribution in [2.24, 2.45) is 5.41 Å². The first kappa shape index (κ1) is 15.8. The highest BCUT2D eigenvalue weighted by molar-refractivity contribution is 5.21. The summed E-state index contributed by atoms with van der Waals surface area (Å²) < 4.78 is 0. The highest BCUT2D eigenvalue weighted by atomic mass is 16.3. The molecule has 0 aliphatic rings. The molecular weight excluding hydrogens is 256 g/mol. The van der Waals surface area contributed by atoms with Crippen LogP contribution in [0.3, 0.4) is 0 Å². The van der Waals surface area contributed by atoms with Crippen LogP contribution in [0.4, 0.5) is 0 Å². The number of hydrogen-bond acceptors (Lipinski definition) is 1. The van der Waals surface area contributed by atoms with Crippen molar-refractivity contribution in [3.05, 3.63) is 71.8 Å². The van der Waals surface area contributed by atoms with Gasteiger partial charge < -0.3 is 5.11 Å². The summed E-state index contributed by atoms with van der Waals surface area (Å²) in [5, 5.41) is 11.3. The molecule has 0 atom stereocenters. The largest absolute Gasteiger partial charge is 0.389 e. The standard InChI is InChI=1S/C20H26O/c1-19(2,3)16-20(21,14-17-10-6-4-7-11-17)15-18-12-8-5-9-13-18/h4-13,21H,14-16H2,1-3H3. The highest BCUT2D eigenvalue weighted by Gasteiger charge is 2.32. The number of aliphatic hydroxyl groups is 1. The summed E-state index contributed by atoms with van der Waals surface area (Å²) >= 11 is 0. The van der Waals surface area contributed by atoms with E-state index in [1.54, 1.807) is 0 Å². The van der Waals surface area contributed by atoms with E-state index in [1.807, 2.05) is 36.4 Å². The maximum Gasteiger partial charge on any atom is 0.0733 e. The fraction of sp³-hybridized carbons (Fsp3) is 0.400. The number of benzene rings is 2. The zero-order valence-electron chi connectivity index (χ0n) is 13.3. The minimum absolute atomic E-state index is 0.0955. The summed E-state index contributed by atoms with van der Waals surface area (Å²) in [6, 6.07) is 20.6. The van der Waals surface area contributed by atoms with E-state index in [-0.39, 0.29) is 5.41 Å². The topological polar surface area (TPSA) is 20.2 Å². The average molecular weight is 282 g/mol. The van der Waals surface area contributed by atoms with Crippen LogP contribution in [0, 0.1) is 5.41 Å². The second-order valence-corrected chi connectivity index (χ2v) is 7.29. The minimum Gasteiger partial charge on any atom is -0.389 e. The Balaban J connectivity index is 2.21. The van der Waals surface area contributed by atoms with Crippen LogP contribution in [-0.2, 0) is 12.8 Å². The van der Waals surface area contributed by atoms with E-state index in [9.17, 15) is 5.11 Å². The Labute approximate surface area is 128 Å². The quantitative estimate of drug-likeness (QED) is 0.847. The van der Waals surface area contributed by atoms with Crippen LogP contribution in [0.5, 0.6) is 0 Å².